The van der Waals surface area contributed by atoms with Gasteiger partial charge in [0.15, 0.2) is 11.6 Å². The SMILES string of the molecule is CN(C)c1c(C2(N)CC(O)C2)ccc(F)c1F. The normalized spacial score (nSPS) is 27.8. The topological polar surface area (TPSA) is 49.5 Å². The Bertz CT molecular complexity index is 442. The molecule has 17 heavy (non-hydrogen) atoms. The predicted molar refractivity (Wildman–Crippen MR) is 61.8 cm³/mol. The van der Waals surface area contributed by atoms with Gasteiger partial charge in [-0.25, -0.2) is 8.78 Å². The molecule has 0 aliphatic heterocycles. The minimum absolute atomic E-state index is 0.166. The van der Waals surface area contributed by atoms with Gasteiger partial charge in [0.1, 0.15) is 0 Å². The average Bonchev–Trinajstić information content (AvgIpc) is 2.19. The van der Waals surface area contributed by atoms with Crippen molar-refractivity contribution in [3.63, 3.8) is 0 Å². The molecule has 0 unspecified atom stereocenters. The van der Waals surface area contributed by atoms with E-state index < -0.39 is 23.3 Å². The minimum Gasteiger partial charge on any atom is -0.393 e. The Morgan fingerprint density at radius 2 is 1.94 bits per heavy atom. The highest BCUT2D eigenvalue weighted by Gasteiger charge is 2.43. The maximum atomic E-state index is 13.8. The molecule has 1 saturated carbocycles. The molecule has 5 heteroatoms. The van der Waals surface area contributed by atoms with E-state index in [2.05, 4.69) is 0 Å². The quantitative estimate of drug-likeness (QED) is 0.822. The van der Waals surface area contributed by atoms with Crippen molar-refractivity contribution in [2.45, 2.75) is 24.5 Å². The summed E-state index contributed by atoms with van der Waals surface area (Å²) in [5, 5.41) is 9.34. The number of hydrogen-bond acceptors (Lipinski definition) is 3. The van der Waals surface area contributed by atoms with Gasteiger partial charge in [-0.2, -0.15) is 0 Å². The summed E-state index contributed by atoms with van der Waals surface area (Å²) in [4.78, 5) is 1.51. The summed E-state index contributed by atoms with van der Waals surface area (Å²) in [7, 11) is 3.28. The van der Waals surface area contributed by atoms with Crippen LogP contribution >= 0.6 is 0 Å². The van der Waals surface area contributed by atoms with Crippen molar-refractivity contribution in [2.75, 3.05) is 19.0 Å². The van der Waals surface area contributed by atoms with E-state index in [1.54, 1.807) is 14.1 Å². The number of rotatable bonds is 2. The molecule has 0 atom stereocenters. The summed E-state index contributed by atoms with van der Waals surface area (Å²) < 4.78 is 27.0. The predicted octanol–water partition coefficient (Wildman–Crippen LogP) is 1.34. The van der Waals surface area contributed by atoms with Gasteiger partial charge in [0.05, 0.1) is 11.8 Å². The van der Waals surface area contributed by atoms with Gasteiger partial charge in [-0.05, 0) is 24.5 Å². The Balaban J connectivity index is 2.51. The van der Waals surface area contributed by atoms with E-state index in [1.165, 1.54) is 11.0 Å². The molecule has 0 spiro atoms. The van der Waals surface area contributed by atoms with Crippen LogP contribution in [-0.4, -0.2) is 25.3 Å². The molecule has 0 amide bonds. The van der Waals surface area contributed by atoms with Gasteiger partial charge in [0, 0.05) is 19.6 Å². The van der Waals surface area contributed by atoms with E-state index in [1.807, 2.05) is 0 Å². The lowest BCUT2D eigenvalue weighted by Crippen LogP contribution is -2.52. The van der Waals surface area contributed by atoms with E-state index in [9.17, 15) is 13.9 Å². The van der Waals surface area contributed by atoms with E-state index in [0.717, 1.165) is 6.07 Å². The first-order chi connectivity index (χ1) is 7.85. The number of aliphatic hydroxyl groups is 1. The van der Waals surface area contributed by atoms with Crippen molar-refractivity contribution in [2.24, 2.45) is 5.73 Å². The summed E-state index contributed by atoms with van der Waals surface area (Å²) in [6.07, 6.45) is 0.292. The van der Waals surface area contributed by atoms with Crippen molar-refractivity contribution in [3.05, 3.63) is 29.3 Å². The van der Waals surface area contributed by atoms with Crippen LogP contribution in [0.15, 0.2) is 12.1 Å². The molecule has 1 aliphatic carbocycles. The lowest BCUT2D eigenvalue weighted by Gasteiger charge is -2.44. The molecule has 3 N–H and O–H groups in total. The van der Waals surface area contributed by atoms with Gasteiger partial charge in [-0.3, -0.25) is 0 Å². The van der Waals surface area contributed by atoms with Crippen LogP contribution in [0.5, 0.6) is 0 Å². The standard InChI is InChI=1S/C12H16F2N2O/c1-16(2)11-8(3-4-9(13)10(11)14)12(15)5-7(17)6-12/h3-4,7,17H,5-6,15H2,1-2H3. The monoisotopic (exact) mass is 242 g/mol. The van der Waals surface area contributed by atoms with Crippen LogP contribution in [-0.2, 0) is 5.54 Å². The van der Waals surface area contributed by atoms with Gasteiger partial charge >= 0.3 is 0 Å². The smallest absolute Gasteiger partial charge is 0.182 e. The van der Waals surface area contributed by atoms with Gasteiger partial charge in [-0.1, -0.05) is 6.07 Å². The second kappa shape index (κ2) is 3.92. The fourth-order valence-corrected chi connectivity index (χ4v) is 2.38. The summed E-state index contributed by atoms with van der Waals surface area (Å²) >= 11 is 0. The van der Waals surface area contributed by atoms with E-state index in [4.69, 9.17) is 5.73 Å². The average molecular weight is 242 g/mol. The second-order valence-electron chi connectivity index (χ2n) is 4.87. The zero-order valence-corrected chi connectivity index (χ0v) is 9.87. The molecule has 1 fully saturated rings. The number of halogens is 2. The molecule has 3 nitrogen and oxygen atoms in total. The molecule has 94 valence electrons. The van der Waals surface area contributed by atoms with Crippen molar-refractivity contribution in [3.8, 4) is 0 Å². The first kappa shape index (κ1) is 12.3. The molecular weight excluding hydrogens is 226 g/mol. The maximum absolute atomic E-state index is 13.8. The molecule has 0 heterocycles. The third-order valence-corrected chi connectivity index (χ3v) is 3.25. The van der Waals surface area contributed by atoms with Gasteiger partial charge in [0.2, 0.25) is 0 Å². The Kier molecular flexibility index (Phi) is 2.83. The highest BCUT2D eigenvalue weighted by atomic mass is 19.2. The first-order valence-corrected chi connectivity index (χ1v) is 5.48. The molecule has 0 saturated heterocycles. The number of hydrogen-bond donors (Lipinski definition) is 2. The first-order valence-electron chi connectivity index (χ1n) is 5.48. The maximum Gasteiger partial charge on any atom is 0.182 e. The fraction of sp³-hybridized carbons (Fsp3) is 0.500. The van der Waals surface area contributed by atoms with Crippen molar-refractivity contribution < 1.29 is 13.9 Å². The van der Waals surface area contributed by atoms with E-state index in [0.29, 0.717) is 18.4 Å². The Morgan fingerprint density at radius 1 is 1.35 bits per heavy atom. The minimum atomic E-state index is -0.890. The summed E-state index contributed by atoms with van der Waals surface area (Å²) in [6, 6.07) is 2.58. The van der Waals surface area contributed by atoms with Crippen LogP contribution in [0.1, 0.15) is 18.4 Å². The largest absolute Gasteiger partial charge is 0.393 e. The number of benzene rings is 1. The van der Waals surface area contributed by atoms with Crippen LogP contribution in [0.3, 0.4) is 0 Å². The molecular formula is C12H16F2N2O. The molecule has 0 aromatic heterocycles. The van der Waals surface area contributed by atoms with Crippen LogP contribution < -0.4 is 10.6 Å². The molecule has 0 bridgehead atoms. The Hall–Kier alpha value is -1.20. The second-order valence-corrected chi connectivity index (χ2v) is 4.87. The summed E-state index contributed by atoms with van der Waals surface area (Å²) in [5.74, 6) is -1.78. The van der Waals surface area contributed by atoms with Gasteiger partial charge in [0.25, 0.3) is 0 Å². The molecule has 1 aromatic carbocycles. The summed E-state index contributed by atoms with van der Waals surface area (Å²) in [5.41, 5.74) is 6.05. The highest BCUT2D eigenvalue weighted by Crippen LogP contribution is 2.43. The van der Waals surface area contributed by atoms with Crippen LogP contribution in [0, 0.1) is 11.6 Å². The number of aliphatic hydroxyl groups excluding tert-OH is 1. The Labute approximate surface area is 98.8 Å². The zero-order valence-electron chi connectivity index (χ0n) is 9.87. The van der Waals surface area contributed by atoms with Crippen molar-refractivity contribution in [1.29, 1.82) is 0 Å². The Morgan fingerprint density at radius 3 is 2.41 bits per heavy atom. The molecule has 1 aromatic rings. The van der Waals surface area contributed by atoms with Crippen LogP contribution in [0.4, 0.5) is 14.5 Å². The number of anilines is 1. The zero-order chi connectivity index (χ0) is 12.8. The lowest BCUT2D eigenvalue weighted by molar-refractivity contribution is 0.0210. The summed E-state index contributed by atoms with van der Waals surface area (Å²) in [6.45, 7) is 0. The number of nitrogens with two attached hydrogens (primary N) is 1. The van der Waals surface area contributed by atoms with Gasteiger partial charge < -0.3 is 15.7 Å². The van der Waals surface area contributed by atoms with E-state index >= 15 is 0 Å². The highest BCUT2D eigenvalue weighted by molar-refractivity contribution is 5.58. The van der Waals surface area contributed by atoms with Crippen LogP contribution in [0.2, 0.25) is 0 Å². The molecule has 2 rings (SSSR count). The van der Waals surface area contributed by atoms with E-state index in [-0.39, 0.29) is 5.69 Å². The fourth-order valence-electron chi connectivity index (χ4n) is 2.38. The molecule has 1 aliphatic rings. The lowest BCUT2D eigenvalue weighted by atomic mass is 9.70. The van der Waals surface area contributed by atoms with Crippen molar-refractivity contribution in [1.82, 2.24) is 0 Å². The third kappa shape index (κ3) is 1.89. The van der Waals surface area contributed by atoms with Gasteiger partial charge in [-0.15, -0.1) is 0 Å². The van der Waals surface area contributed by atoms with Crippen LogP contribution in [0.25, 0.3) is 0 Å². The van der Waals surface area contributed by atoms with Crippen molar-refractivity contribution >= 4 is 5.69 Å². The number of nitrogens with zero attached hydrogens (tertiary/aromatic N) is 1. The molecule has 0 radical (unpaired) electrons. The third-order valence-electron chi connectivity index (χ3n) is 3.25.